The number of nitrogens with one attached hydrogen (secondary N) is 2. The number of carbonyl (C=O) groups excluding carboxylic acids is 2. The first-order valence-electron chi connectivity index (χ1n) is 13.4. The fraction of sp³-hybridized carbons (Fsp3) is 0.607. The van der Waals surface area contributed by atoms with Crippen LogP contribution < -0.4 is 16.4 Å². The van der Waals surface area contributed by atoms with Crippen LogP contribution in [0.2, 0.25) is 0 Å². The number of hydrogen-bond acceptors (Lipinski definition) is 5. The highest BCUT2D eigenvalue weighted by atomic mass is 16.2. The Morgan fingerprint density at radius 1 is 1.09 bits per heavy atom. The number of hydrogen-bond donors (Lipinski definition) is 3. The van der Waals surface area contributed by atoms with E-state index < -0.39 is 6.04 Å². The van der Waals surface area contributed by atoms with Gasteiger partial charge in [-0.25, -0.2) is 4.98 Å². The summed E-state index contributed by atoms with van der Waals surface area (Å²) in [4.78, 5) is 33.0. The maximum absolute atomic E-state index is 13.7. The predicted molar refractivity (Wildman–Crippen MR) is 141 cm³/mol. The maximum Gasteiger partial charge on any atom is 0.243 e. The zero-order chi connectivity index (χ0) is 24.8. The van der Waals surface area contributed by atoms with E-state index in [1.165, 1.54) is 19.3 Å². The average Bonchev–Trinajstić information content (AvgIpc) is 2.87. The standard InChI is InChI=1S/C28H41N5O2/c1-19(2)16-24(32-22-8-4-3-5-9-22)28(35)33-15-7-6-10-25(33)27(34)31-18-20-11-12-23-21(17-20)13-14-30-26(23)29/h11-14,17,19,22,24-25,32H,3-10,15-16,18H2,1-2H3,(H2,29,30)(H,31,34)/t24-,25+/m1/s1. The van der Waals surface area contributed by atoms with Crippen molar-refractivity contribution in [3.63, 3.8) is 0 Å². The minimum atomic E-state index is -0.403. The third kappa shape index (κ3) is 6.51. The summed E-state index contributed by atoms with van der Waals surface area (Å²) in [5.41, 5.74) is 6.96. The lowest BCUT2D eigenvalue weighted by Crippen LogP contribution is -2.58. The summed E-state index contributed by atoms with van der Waals surface area (Å²) in [5.74, 6) is 0.952. The Labute approximate surface area is 209 Å². The molecule has 2 amide bonds. The fourth-order valence-corrected chi connectivity index (χ4v) is 5.60. The first-order chi connectivity index (χ1) is 16.9. The first kappa shape index (κ1) is 25.4. The molecule has 0 unspecified atom stereocenters. The van der Waals surface area contributed by atoms with Crippen LogP contribution in [0.4, 0.5) is 5.82 Å². The number of nitrogens with two attached hydrogens (primary N) is 1. The molecule has 0 spiro atoms. The third-order valence-electron chi connectivity index (χ3n) is 7.46. The summed E-state index contributed by atoms with van der Waals surface area (Å²) < 4.78 is 0. The lowest BCUT2D eigenvalue weighted by Gasteiger charge is -2.38. The van der Waals surface area contributed by atoms with Crippen molar-refractivity contribution in [2.24, 2.45) is 5.92 Å². The van der Waals surface area contributed by atoms with Gasteiger partial charge < -0.3 is 21.3 Å². The molecule has 0 bridgehead atoms. The van der Waals surface area contributed by atoms with Gasteiger partial charge in [0.15, 0.2) is 0 Å². The van der Waals surface area contributed by atoms with Gasteiger partial charge in [-0.15, -0.1) is 0 Å². The minimum absolute atomic E-state index is 0.0617. The van der Waals surface area contributed by atoms with Crippen LogP contribution in [0.5, 0.6) is 0 Å². The number of pyridine rings is 1. The molecule has 4 N–H and O–H groups in total. The van der Waals surface area contributed by atoms with E-state index in [0.717, 1.165) is 54.9 Å². The zero-order valence-corrected chi connectivity index (χ0v) is 21.3. The molecule has 1 saturated heterocycles. The van der Waals surface area contributed by atoms with Gasteiger partial charge in [0.2, 0.25) is 11.8 Å². The molecular weight excluding hydrogens is 438 g/mol. The largest absolute Gasteiger partial charge is 0.383 e. The topological polar surface area (TPSA) is 100 Å². The number of piperidine rings is 1. The Morgan fingerprint density at radius 3 is 2.63 bits per heavy atom. The zero-order valence-electron chi connectivity index (χ0n) is 21.3. The number of rotatable bonds is 8. The van der Waals surface area contributed by atoms with E-state index in [1.807, 2.05) is 29.2 Å². The van der Waals surface area contributed by atoms with Crippen molar-refractivity contribution in [2.75, 3.05) is 12.3 Å². The Hall–Kier alpha value is -2.67. The molecule has 7 nitrogen and oxygen atoms in total. The molecule has 2 heterocycles. The van der Waals surface area contributed by atoms with Gasteiger partial charge in [0.05, 0.1) is 6.04 Å². The molecule has 1 aliphatic heterocycles. The second kappa shape index (κ2) is 11.8. The van der Waals surface area contributed by atoms with E-state index in [4.69, 9.17) is 5.73 Å². The normalized spacial score (nSPS) is 20.2. The van der Waals surface area contributed by atoms with Crippen molar-refractivity contribution in [2.45, 2.75) is 96.3 Å². The highest BCUT2D eigenvalue weighted by Gasteiger charge is 2.36. The number of aromatic nitrogens is 1. The molecule has 1 aliphatic carbocycles. The van der Waals surface area contributed by atoms with Gasteiger partial charge in [-0.05, 0) is 67.5 Å². The molecule has 2 fully saturated rings. The molecule has 190 valence electrons. The van der Waals surface area contributed by atoms with Gasteiger partial charge in [-0.3, -0.25) is 9.59 Å². The summed E-state index contributed by atoms with van der Waals surface area (Å²) in [6, 6.07) is 7.66. The van der Waals surface area contributed by atoms with E-state index in [-0.39, 0.29) is 17.9 Å². The molecule has 1 aromatic heterocycles. The minimum Gasteiger partial charge on any atom is -0.383 e. The van der Waals surface area contributed by atoms with Crippen LogP contribution in [0, 0.1) is 5.92 Å². The highest BCUT2D eigenvalue weighted by molar-refractivity contribution is 5.92. The van der Waals surface area contributed by atoms with Crippen LogP contribution in [-0.4, -0.2) is 46.4 Å². The Kier molecular flexibility index (Phi) is 8.60. The smallest absolute Gasteiger partial charge is 0.243 e. The number of nitrogens with zero attached hydrogens (tertiary/aromatic N) is 2. The van der Waals surface area contributed by atoms with Crippen molar-refractivity contribution in [1.82, 2.24) is 20.5 Å². The van der Waals surface area contributed by atoms with Crippen LogP contribution in [0.1, 0.15) is 77.2 Å². The molecule has 1 saturated carbocycles. The molecule has 2 aromatic rings. The SMILES string of the molecule is CC(C)C[C@@H](NC1CCCCC1)C(=O)N1CCCC[C@H]1C(=O)NCc1ccc2c(N)nccc2c1. The van der Waals surface area contributed by atoms with E-state index >= 15 is 0 Å². The van der Waals surface area contributed by atoms with E-state index in [2.05, 4.69) is 29.5 Å². The molecule has 7 heteroatoms. The summed E-state index contributed by atoms with van der Waals surface area (Å²) in [6.07, 6.45) is 11.2. The van der Waals surface area contributed by atoms with Crippen molar-refractivity contribution >= 4 is 28.4 Å². The second-order valence-electron chi connectivity index (χ2n) is 10.7. The summed E-state index contributed by atoms with van der Waals surface area (Å²) in [6.45, 7) is 5.40. The van der Waals surface area contributed by atoms with Crippen LogP contribution >= 0.6 is 0 Å². The Bertz CT molecular complexity index is 1020. The lowest BCUT2D eigenvalue weighted by atomic mass is 9.92. The molecule has 2 atom stereocenters. The van der Waals surface area contributed by atoms with E-state index in [0.29, 0.717) is 30.9 Å². The maximum atomic E-state index is 13.7. The molecule has 1 aromatic carbocycles. The highest BCUT2D eigenvalue weighted by Crippen LogP contribution is 2.24. The van der Waals surface area contributed by atoms with Gasteiger partial charge in [-0.1, -0.05) is 45.2 Å². The summed E-state index contributed by atoms with van der Waals surface area (Å²) >= 11 is 0. The predicted octanol–water partition coefficient (Wildman–Crippen LogP) is 4.15. The number of anilines is 1. The number of benzene rings is 1. The third-order valence-corrected chi connectivity index (χ3v) is 7.46. The number of fused-ring (bicyclic) bond motifs is 1. The van der Waals surface area contributed by atoms with Crippen molar-refractivity contribution in [1.29, 1.82) is 0 Å². The monoisotopic (exact) mass is 479 g/mol. The quantitative estimate of drug-likeness (QED) is 0.528. The number of amides is 2. The van der Waals surface area contributed by atoms with Gasteiger partial charge in [0, 0.05) is 30.7 Å². The Morgan fingerprint density at radius 2 is 1.86 bits per heavy atom. The summed E-state index contributed by atoms with van der Waals surface area (Å²) in [7, 11) is 0. The first-order valence-corrected chi connectivity index (χ1v) is 13.4. The van der Waals surface area contributed by atoms with E-state index in [9.17, 15) is 9.59 Å². The van der Waals surface area contributed by atoms with Crippen LogP contribution in [-0.2, 0) is 16.1 Å². The molecular formula is C28H41N5O2. The molecule has 4 rings (SSSR count). The van der Waals surface area contributed by atoms with Gasteiger partial charge in [-0.2, -0.15) is 0 Å². The van der Waals surface area contributed by atoms with Gasteiger partial charge in [0.25, 0.3) is 0 Å². The van der Waals surface area contributed by atoms with Crippen molar-refractivity contribution in [3.8, 4) is 0 Å². The second-order valence-corrected chi connectivity index (χ2v) is 10.7. The molecule has 2 aliphatic rings. The van der Waals surface area contributed by atoms with E-state index in [1.54, 1.807) is 6.20 Å². The summed E-state index contributed by atoms with van der Waals surface area (Å²) in [5, 5.41) is 8.69. The van der Waals surface area contributed by atoms with Crippen LogP contribution in [0.3, 0.4) is 0 Å². The number of likely N-dealkylation sites (tertiary alicyclic amines) is 1. The van der Waals surface area contributed by atoms with Crippen molar-refractivity contribution in [3.05, 3.63) is 36.0 Å². The van der Waals surface area contributed by atoms with Gasteiger partial charge in [0.1, 0.15) is 11.9 Å². The van der Waals surface area contributed by atoms with Crippen molar-refractivity contribution < 1.29 is 9.59 Å². The van der Waals surface area contributed by atoms with Crippen LogP contribution in [0.25, 0.3) is 10.8 Å². The molecule has 0 radical (unpaired) electrons. The number of nitrogen functional groups attached to an aromatic ring is 1. The van der Waals surface area contributed by atoms with Crippen LogP contribution in [0.15, 0.2) is 30.5 Å². The lowest BCUT2D eigenvalue weighted by molar-refractivity contribution is -0.144. The Balaban J connectivity index is 1.42. The molecule has 35 heavy (non-hydrogen) atoms. The average molecular weight is 480 g/mol. The number of carbonyl (C=O) groups is 2. The van der Waals surface area contributed by atoms with Gasteiger partial charge >= 0.3 is 0 Å². The fourth-order valence-electron chi connectivity index (χ4n) is 5.60.